The quantitative estimate of drug-likeness (QED) is 0.727. The first kappa shape index (κ1) is 12.2. The van der Waals surface area contributed by atoms with Crippen LogP contribution in [0.1, 0.15) is 17.7 Å². The van der Waals surface area contributed by atoms with E-state index in [0.717, 1.165) is 6.42 Å². The third-order valence-electron chi connectivity index (χ3n) is 3.21. The second kappa shape index (κ2) is 5.42. The maximum absolute atomic E-state index is 3.87. The van der Waals surface area contributed by atoms with Gasteiger partial charge in [-0.25, -0.2) is 0 Å². The molecule has 0 amide bonds. The van der Waals surface area contributed by atoms with Crippen LogP contribution in [0, 0.1) is 0 Å². The Balaban J connectivity index is 2.20. The predicted molar refractivity (Wildman–Crippen MR) is 86.6 cm³/mol. The molecule has 0 bridgehead atoms. The standard InChI is InChI=1S/C17H16NP/c1-2-19-17-13-18(14-9-5-3-6-10-14)16-12-8-4-7-11-15(16)17/h2-3,5-13,19H,1,4H2. The number of fused-ring (bicyclic) bond motifs is 1. The van der Waals surface area contributed by atoms with Crippen LogP contribution in [0.3, 0.4) is 0 Å². The van der Waals surface area contributed by atoms with Gasteiger partial charge in [-0.2, -0.15) is 0 Å². The van der Waals surface area contributed by atoms with Gasteiger partial charge in [0.05, 0.1) is 5.69 Å². The summed E-state index contributed by atoms with van der Waals surface area (Å²) in [5.74, 6) is 1.99. The van der Waals surface area contributed by atoms with Crippen molar-refractivity contribution in [3.8, 4) is 5.69 Å². The minimum atomic E-state index is 0.647. The Kier molecular flexibility index (Phi) is 3.48. The highest BCUT2D eigenvalue weighted by molar-refractivity contribution is 7.50. The van der Waals surface area contributed by atoms with E-state index in [1.165, 1.54) is 22.2 Å². The van der Waals surface area contributed by atoms with E-state index in [4.69, 9.17) is 0 Å². The van der Waals surface area contributed by atoms with Crippen LogP contribution in [-0.4, -0.2) is 4.57 Å². The number of aromatic nitrogens is 1. The smallest absolute Gasteiger partial charge is 0.0531 e. The Bertz CT molecular complexity index is 647. The summed E-state index contributed by atoms with van der Waals surface area (Å²) in [6.07, 6.45) is 12.1. The minimum absolute atomic E-state index is 0.647. The van der Waals surface area contributed by atoms with E-state index < -0.39 is 0 Å². The molecule has 1 aliphatic carbocycles. The summed E-state index contributed by atoms with van der Waals surface area (Å²) in [6, 6.07) is 10.5. The second-order valence-corrected chi connectivity index (χ2v) is 5.67. The summed E-state index contributed by atoms with van der Waals surface area (Å²) in [7, 11) is 0.647. The third kappa shape index (κ3) is 2.34. The van der Waals surface area contributed by atoms with Crippen LogP contribution in [0.4, 0.5) is 0 Å². The fourth-order valence-corrected chi connectivity index (χ4v) is 3.14. The molecule has 0 saturated heterocycles. The molecule has 1 aromatic carbocycles. The van der Waals surface area contributed by atoms with E-state index in [9.17, 15) is 0 Å². The van der Waals surface area contributed by atoms with E-state index in [1.807, 2.05) is 11.9 Å². The van der Waals surface area contributed by atoms with E-state index >= 15 is 0 Å². The van der Waals surface area contributed by atoms with Gasteiger partial charge in [-0.1, -0.05) is 57.4 Å². The Hall–Kier alpha value is -1.85. The van der Waals surface area contributed by atoms with Crippen molar-refractivity contribution in [3.05, 3.63) is 72.3 Å². The molecular formula is C17H16NP. The lowest BCUT2D eigenvalue weighted by atomic mass is 10.2. The number of hydrogen-bond acceptors (Lipinski definition) is 0. The lowest BCUT2D eigenvalue weighted by molar-refractivity contribution is 1.06. The van der Waals surface area contributed by atoms with Crippen LogP contribution in [0.25, 0.3) is 17.8 Å². The van der Waals surface area contributed by atoms with Crippen molar-refractivity contribution < 1.29 is 0 Å². The molecule has 94 valence electrons. The SMILES string of the molecule is C=CPc1cn(-c2ccccc2)c2c1C=CCC=C2. The van der Waals surface area contributed by atoms with Crippen LogP contribution in [-0.2, 0) is 0 Å². The van der Waals surface area contributed by atoms with Crippen LogP contribution >= 0.6 is 8.58 Å². The zero-order chi connectivity index (χ0) is 13.1. The molecule has 0 spiro atoms. The molecule has 0 N–H and O–H groups in total. The highest BCUT2D eigenvalue weighted by Gasteiger charge is 2.13. The van der Waals surface area contributed by atoms with Crippen LogP contribution < -0.4 is 5.30 Å². The van der Waals surface area contributed by atoms with Gasteiger partial charge < -0.3 is 4.57 Å². The van der Waals surface area contributed by atoms with Crippen molar-refractivity contribution in [2.45, 2.75) is 6.42 Å². The van der Waals surface area contributed by atoms with Gasteiger partial charge in [-0.05, 0) is 24.6 Å². The summed E-state index contributed by atoms with van der Waals surface area (Å²) in [6.45, 7) is 3.87. The van der Waals surface area contributed by atoms with Crippen molar-refractivity contribution in [1.29, 1.82) is 0 Å². The average molecular weight is 265 g/mol. The molecule has 2 heteroatoms. The molecule has 1 nitrogen and oxygen atoms in total. The largest absolute Gasteiger partial charge is 0.316 e. The highest BCUT2D eigenvalue weighted by Crippen LogP contribution is 2.26. The van der Waals surface area contributed by atoms with Crippen molar-refractivity contribution in [2.75, 3.05) is 0 Å². The Morgan fingerprint density at radius 2 is 1.89 bits per heavy atom. The number of benzene rings is 1. The molecule has 0 saturated carbocycles. The monoisotopic (exact) mass is 265 g/mol. The number of allylic oxidation sites excluding steroid dienone is 2. The molecule has 0 radical (unpaired) electrons. The molecule has 1 heterocycles. The molecule has 0 fully saturated rings. The van der Waals surface area contributed by atoms with Gasteiger partial charge in [0.25, 0.3) is 0 Å². The zero-order valence-corrected chi connectivity index (χ0v) is 11.7. The second-order valence-electron chi connectivity index (χ2n) is 4.44. The predicted octanol–water partition coefficient (Wildman–Crippen LogP) is 4.35. The Morgan fingerprint density at radius 1 is 1.11 bits per heavy atom. The number of para-hydroxylation sites is 1. The fourth-order valence-electron chi connectivity index (χ4n) is 2.35. The Morgan fingerprint density at radius 3 is 2.68 bits per heavy atom. The van der Waals surface area contributed by atoms with Crippen molar-refractivity contribution in [3.63, 3.8) is 0 Å². The van der Waals surface area contributed by atoms with Gasteiger partial charge in [0.2, 0.25) is 0 Å². The van der Waals surface area contributed by atoms with Crippen LogP contribution in [0.15, 0.2) is 61.1 Å². The molecular weight excluding hydrogens is 249 g/mol. The van der Waals surface area contributed by atoms with Crippen molar-refractivity contribution in [1.82, 2.24) is 4.57 Å². The normalized spacial score (nSPS) is 13.7. The number of hydrogen-bond donors (Lipinski definition) is 0. The molecule has 1 unspecified atom stereocenters. The number of nitrogens with zero attached hydrogens (tertiary/aromatic N) is 1. The van der Waals surface area contributed by atoms with E-state index in [2.05, 4.69) is 65.9 Å². The van der Waals surface area contributed by atoms with Crippen LogP contribution in [0.2, 0.25) is 0 Å². The summed E-state index contributed by atoms with van der Waals surface area (Å²) < 4.78 is 2.27. The van der Waals surface area contributed by atoms with Gasteiger partial charge in [0, 0.05) is 22.8 Å². The molecule has 1 aromatic heterocycles. The molecule has 0 aliphatic heterocycles. The van der Waals surface area contributed by atoms with Crippen LogP contribution in [0.5, 0.6) is 0 Å². The first-order valence-electron chi connectivity index (χ1n) is 6.41. The molecule has 1 aliphatic rings. The lowest BCUT2D eigenvalue weighted by Gasteiger charge is -2.06. The third-order valence-corrected chi connectivity index (χ3v) is 4.12. The summed E-state index contributed by atoms with van der Waals surface area (Å²) in [4.78, 5) is 0. The topological polar surface area (TPSA) is 4.93 Å². The molecule has 3 rings (SSSR count). The summed E-state index contributed by atoms with van der Waals surface area (Å²) >= 11 is 0. The van der Waals surface area contributed by atoms with E-state index in [0.29, 0.717) is 8.58 Å². The van der Waals surface area contributed by atoms with Gasteiger partial charge in [0.15, 0.2) is 0 Å². The van der Waals surface area contributed by atoms with Gasteiger partial charge >= 0.3 is 0 Å². The minimum Gasteiger partial charge on any atom is -0.316 e. The van der Waals surface area contributed by atoms with Gasteiger partial charge in [0.1, 0.15) is 0 Å². The summed E-state index contributed by atoms with van der Waals surface area (Å²) in [5, 5.41) is 1.36. The fraction of sp³-hybridized carbons (Fsp3) is 0.0588. The van der Waals surface area contributed by atoms with Crippen molar-refractivity contribution in [2.24, 2.45) is 0 Å². The van der Waals surface area contributed by atoms with Crippen molar-refractivity contribution >= 4 is 26.0 Å². The van der Waals surface area contributed by atoms with E-state index in [-0.39, 0.29) is 0 Å². The average Bonchev–Trinajstić information content (AvgIpc) is 2.64. The number of rotatable bonds is 3. The molecule has 19 heavy (non-hydrogen) atoms. The van der Waals surface area contributed by atoms with Gasteiger partial charge in [-0.3, -0.25) is 0 Å². The highest BCUT2D eigenvalue weighted by atomic mass is 31.1. The first-order valence-corrected chi connectivity index (χ1v) is 7.49. The lowest BCUT2D eigenvalue weighted by Crippen LogP contribution is -1.94. The summed E-state index contributed by atoms with van der Waals surface area (Å²) in [5.41, 5.74) is 3.80. The van der Waals surface area contributed by atoms with E-state index in [1.54, 1.807) is 0 Å². The maximum atomic E-state index is 3.87. The maximum Gasteiger partial charge on any atom is 0.0531 e. The van der Waals surface area contributed by atoms with Gasteiger partial charge in [-0.15, -0.1) is 0 Å². The molecule has 2 aromatic rings. The zero-order valence-electron chi connectivity index (χ0n) is 10.7. The Labute approximate surface area is 115 Å². The first-order chi connectivity index (χ1) is 9.40. The molecule has 1 atom stereocenters.